The van der Waals surface area contributed by atoms with E-state index in [0.29, 0.717) is 19.4 Å². The molecule has 11 N–H and O–H groups in total. The van der Waals surface area contributed by atoms with E-state index >= 15 is 0 Å². The van der Waals surface area contributed by atoms with E-state index in [1.54, 1.807) is 21.0 Å². The van der Waals surface area contributed by atoms with Crippen LogP contribution in [0.5, 0.6) is 0 Å². The van der Waals surface area contributed by atoms with E-state index in [1.807, 2.05) is 0 Å². The third-order valence-electron chi connectivity index (χ3n) is 6.87. The van der Waals surface area contributed by atoms with Crippen molar-refractivity contribution in [3.63, 3.8) is 0 Å². The van der Waals surface area contributed by atoms with Crippen molar-refractivity contribution in [3.8, 4) is 0 Å². The van der Waals surface area contributed by atoms with Gasteiger partial charge in [0.05, 0.1) is 24.8 Å². The molecule has 2 heterocycles. The van der Waals surface area contributed by atoms with Crippen LogP contribution >= 0.6 is 0 Å². The summed E-state index contributed by atoms with van der Waals surface area (Å²) in [6.07, 6.45) is -3.97. The summed E-state index contributed by atoms with van der Waals surface area (Å²) >= 11 is 0. The van der Waals surface area contributed by atoms with Crippen molar-refractivity contribution in [3.05, 3.63) is 0 Å². The van der Waals surface area contributed by atoms with Crippen LogP contribution in [-0.4, -0.2) is 115 Å². The molecule has 12 nitrogen and oxygen atoms in total. The molecule has 3 rings (SSSR count). The Balaban J connectivity index is 1.72. The van der Waals surface area contributed by atoms with Crippen molar-refractivity contribution in [1.29, 1.82) is 0 Å². The lowest BCUT2D eigenvalue weighted by molar-refractivity contribution is -0.307. The fraction of sp³-hybridized carbons (Fsp3) is 1.00. The lowest BCUT2D eigenvalue weighted by Crippen LogP contribution is -2.69. The van der Waals surface area contributed by atoms with Crippen molar-refractivity contribution in [2.24, 2.45) is 17.2 Å². The van der Waals surface area contributed by atoms with Gasteiger partial charge in [-0.1, -0.05) is 0 Å². The molecular weight excluding hydrogens is 422 g/mol. The van der Waals surface area contributed by atoms with Crippen LogP contribution in [0.1, 0.15) is 26.2 Å². The van der Waals surface area contributed by atoms with E-state index in [2.05, 4.69) is 10.6 Å². The Morgan fingerprint density at radius 3 is 2.31 bits per heavy atom. The first-order chi connectivity index (χ1) is 15.1. The van der Waals surface area contributed by atoms with Gasteiger partial charge in [0.1, 0.15) is 30.0 Å². The molecule has 12 heteroatoms. The SMILES string of the molecule is CN[C@@H]1[C@@H](O)[C@H](O[C@@H]2[C@@H](O)[C@H](O[C@H]3O[C@H](CN)CC[C@@H]3N)[C@H](NC)C[C@@H]2N)OC[C@@]1(C)O. The third-order valence-corrected chi connectivity index (χ3v) is 6.87. The van der Waals surface area contributed by atoms with Crippen LogP contribution in [0.2, 0.25) is 0 Å². The summed E-state index contributed by atoms with van der Waals surface area (Å²) in [4.78, 5) is 0. The minimum atomic E-state index is -1.28. The van der Waals surface area contributed by atoms with E-state index < -0.39 is 54.7 Å². The number of nitrogens with one attached hydrogen (secondary N) is 2. The zero-order valence-corrected chi connectivity index (χ0v) is 19.1. The molecule has 1 aliphatic carbocycles. The molecule has 32 heavy (non-hydrogen) atoms. The fourth-order valence-electron chi connectivity index (χ4n) is 4.93. The fourth-order valence-corrected chi connectivity index (χ4v) is 4.93. The summed E-state index contributed by atoms with van der Waals surface area (Å²) in [6.45, 7) is 1.87. The van der Waals surface area contributed by atoms with Gasteiger partial charge in [0, 0.05) is 18.6 Å². The molecular formula is C20H41N5O7. The Kier molecular flexibility index (Phi) is 8.86. The molecule has 1 saturated carbocycles. The first-order valence-corrected chi connectivity index (χ1v) is 11.3. The van der Waals surface area contributed by atoms with Crippen LogP contribution in [0.25, 0.3) is 0 Å². The van der Waals surface area contributed by atoms with Gasteiger partial charge in [-0.3, -0.25) is 0 Å². The van der Waals surface area contributed by atoms with Crippen molar-refractivity contribution in [1.82, 2.24) is 10.6 Å². The number of aliphatic hydroxyl groups excluding tert-OH is 2. The van der Waals surface area contributed by atoms with Gasteiger partial charge in [0.25, 0.3) is 0 Å². The summed E-state index contributed by atoms with van der Waals surface area (Å²) in [5.74, 6) is 0. The van der Waals surface area contributed by atoms with Gasteiger partial charge in [0.15, 0.2) is 12.6 Å². The van der Waals surface area contributed by atoms with Crippen LogP contribution in [-0.2, 0) is 18.9 Å². The van der Waals surface area contributed by atoms with Crippen molar-refractivity contribution < 1.29 is 34.3 Å². The summed E-state index contributed by atoms with van der Waals surface area (Å²) in [5, 5.41) is 38.4. The maximum absolute atomic E-state index is 11.2. The summed E-state index contributed by atoms with van der Waals surface area (Å²) < 4.78 is 23.6. The van der Waals surface area contributed by atoms with Gasteiger partial charge in [-0.2, -0.15) is 0 Å². The number of rotatable bonds is 7. The van der Waals surface area contributed by atoms with Crippen LogP contribution in [0.15, 0.2) is 0 Å². The molecule has 0 radical (unpaired) electrons. The molecule has 0 aromatic rings. The number of nitrogens with two attached hydrogens (primary N) is 3. The predicted molar refractivity (Wildman–Crippen MR) is 115 cm³/mol. The first-order valence-electron chi connectivity index (χ1n) is 11.3. The Bertz CT molecular complexity index is 603. The van der Waals surface area contributed by atoms with E-state index in [-0.39, 0.29) is 24.8 Å². The molecule has 3 aliphatic rings. The van der Waals surface area contributed by atoms with E-state index in [4.69, 9.17) is 36.1 Å². The highest BCUT2D eigenvalue weighted by Crippen LogP contribution is 2.31. The lowest BCUT2D eigenvalue weighted by Gasteiger charge is -2.49. The monoisotopic (exact) mass is 463 g/mol. The van der Waals surface area contributed by atoms with Crippen molar-refractivity contribution in [2.75, 3.05) is 27.2 Å². The predicted octanol–water partition coefficient (Wildman–Crippen LogP) is -3.72. The second-order valence-electron chi connectivity index (χ2n) is 9.38. The smallest absolute Gasteiger partial charge is 0.185 e. The molecule has 3 fully saturated rings. The molecule has 188 valence electrons. The molecule has 0 bridgehead atoms. The maximum Gasteiger partial charge on any atom is 0.185 e. The highest BCUT2D eigenvalue weighted by Gasteiger charge is 2.51. The van der Waals surface area contributed by atoms with Crippen LogP contribution < -0.4 is 27.8 Å². The summed E-state index contributed by atoms with van der Waals surface area (Å²) in [5.41, 5.74) is 17.0. The molecule has 2 saturated heterocycles. The van der Waals surface area contributed by atoms with Crippen LogP contribution in [0.4, 0.5) is 0 Å². The first kappa shape index (κ1) is 26.1. The second-order valence-corrected chi connectivity index (χ2v) is 9.38. The molecule has 12 atom stereocenters. The van der Waals surface area contributed by atoms with Gasteiger partial charge in [0.2, 0.25) is 0 Å². The van der Waals surface area contributed by atoms with E-state index in [0.717, 1.165) is 6.42 Å². The third kappa shape index (κ3) is 5.43. The van der Waals surface area contributed by atoms with Gasteiger partial charge >= 0.3 is 0 Å². The Morgan fingerprint density at radius 1 is 1.00 bits per heavy atom. The van der Waals surface area contributed by atoms with E-state index in [1.165, 1.54) is 0 Å². The highest BCUT2D eigenvalue weighted by atomic mass is 16.7. The Hall–Kier alpha value is -0.480. The number of ether oxygens (including phenoxy) is 4. The zero-order chi connectivity index (χ0) is 23.6. The van der Waals surface area contributed by atoms with Crippen LogP contribution in [0, 0.1) is 0 Å². The standard InChI is InChI=1S/C20H41N5O7/c1-20(28)8-29-19(14(27)17(20)25-3)31-15-11(23)6-12(24-2)16(13(15)26)32-18-10(22)5-4-9(7-21)30-18/h9-19,24-28H,4-8,21-23H2,1-3H3/t9-,10-,11-,12+,13+,14+,15-,16+,17+,18+,19-,20+/m0/s1. The largest absolute Gasteiger partial charge is 0.388 e. The Morgan fingerprint density at radius 2 is 1.69 bits per heavy atom. The van der Waals surface area contributed by atoms with E-state index in [9.17, 15) is 15.3 Å². The molecule has 0 aromatic carbocycles. The van der Waals surface area contributed by atoms with Crippen molar-refractivity contribution in [2.45, 2.75) is 99.1 Å². The normalized spacial score (nSPS) is 50.3. The number of hydrogen-bond acceptors (Lipinski definition) is 12. The maximum atomic E-state index is 11.2. The lowest BCUT2D eigenvalue weighted by atomic mass is 9.83. The topological polar surface area (TPSA) is 200 Å². The molecule has 0 amide bonds. The van der Waals surface area contributed by atoms with Gasteiger partial charge in [-0.05, 0) is 40.3 Å². The average Bonchev–Trinajstić information content (AvgIpc) is 2.75. The second kappa shape index (κ2) is 10.8. The minimum absolute atomic E-state index is 0.0530. The Labute approximate surface area is 189 Å². The number of likely N-dealkylation sites (N-methyl/N-ethyl adjacent to an activating group) is 2. The minimum Gasteiger partial charge on any atom is -0.388 e. The molecule has 0 spiro atoms. The molecule has 2 aliphatic heterocycles. The van der Waals surface area contributed by atoms with Gasteiger partial charge in [-0.25, -0.2) is 0 Å². The zero-order valence-electron chi connectivity index (χ0n) is 19.1. The number of aliphatic hydroxyl groups is 3. The number of hydrogen-bond donors (Lipinski definition) is 8. The van der Waals surface area contributed by atoms with Gasteiger partial charge in [-0.15, -0.1) is 0 Å². The van der Waals surface area contributed by atoms with Crippen LogP contribution in [0.3, 0.4) is 0 Å². The summed E-state index contributed by atoms with van der Waals surface area (Å²) in [6, 6.07) is -1.85. The molecule has 0 unspecified atom stereocenters. The van der Waals surface area contributed by atoms with Gasteiger partial charge < -0.3 is 62.1 Å². The highest BCUT2D eigenvalue weighted by molar-refractivity contribution is 5.02. The quantitative estimate of drug-likeness (QED) is 0.184. The van der Waals surface area contributed by atoms with Crippen molar-refractivity contribution >= 4 is 0 Å². The average molecular weight is 464 g/mol. The molecule has 0 aromatic heterocycles. The summed E-state index contributed by atoms with van der Waals surface area (Å²) in [7, 11) is 3.40.